The number of piperazine rings is 1. The molecule has 0 aromatic heterocycles. The second kappa shape index (κ2) is 7.25. The van der Waals surface area contributed by atoms with Crippen LogP contribution < -0.4 is 0 Å². The molecule has 0 aliphatic carbocycles. The van der Waals surface area contributed by atoms with Crippen LogP contribution in [0.1, 0.15) is 33.6 Å². The van der Waals surface area contributed by atoms with Crippen LogP contribution in [-0.4, -0.2) is 61.8 Å². The number of rotatable bonds is 6. The maximum atomic E-state index is 5.97. The molecule has 0 saturated carbocycles. The van der Waals surface area contributed by atoms with Crippen LogP contribution in [0.3, 0.4) is 0 Å². The zero-order chi connectivity index (χ0) is 12.0. The summed E-state index contributed by atoms with van der Waals surface area (Å²) >= 11 is 0. The van der Waals surface area contributed by atoms with Crippen LogP contribution in [0.5, 0.6) is 0 Å². The summed E-state index contributed by atoms with van der Waals surface area (Å²) in [6, 6.07) is 0. The summed E-state index contributed by atoms with van der Waals surface area (Å²) in [5, 5.41) is 0. The molecule has 16 heavy (non-hydrogen) atoms. The lowest BCUT2D eigenvalue weighted by Crippen LogP contribution is -2.47. The second-order valence-corrected chi connectivity index (χ2v) is 5.15. The molecule has 1 fully saturated rings. The Morgan fingerprint density at radius 2 is 1.69 bits per heavy atom. The van der Waals surface area contributed by atoms with E-state index in [0.29, 0.717) is 12.2 Å². The van der Waals surface area contributed by atoms with Gasteiger partial charge in [-0.15, -0.1) is 0 Å². The van der Waals surface area contributed by atoms with Crippen molar-refractivity contribution in [1.29, 1.82) is 0 Å². The van der Waals surface area contributed by atoms with Gasteiger partial charge in [-0.1, -0.05) is 13.3 Å². The van der Waals surface area contributed by atoms with E-state index in [-0.39, 0.29) is 0 Å². The molecule has 0 radical (unpaired) electrons. The van der Waals surface area contributed by atoms with E-state index in [1.54, 1.807) is 0 Å². The first-order valence-corrected chi connectivity index (χ1v) is 6.68. The molecule has 0 aromatic carbocycles. The quantitative estimate of drug-likeness (QED) is 0.690. The van der Waals surface area contributed by atoms with Gasteiger partial charge < -0.3 is 9.64 Å². The van der Waals surface area contributed by atoms with E-state index in [0.717, 1.165) is 6.54 Å². The lowest BCUT2D eigenvalue weighted by Gasteiger charge is -2.34. The molecule has 0 aromatic rings. The van der Waals surface area contributed by atoms with Crippen LogP contribution >= 0.6 is 0 Å². The fourth-order valence-corrected chi connectivity index (χ4v) is 2.31. The molecule has 1 aliphatic heterocycles. The smallest absolute Gasteiger partial charge is 0.0677 e. The highest BCUT2D eigenvalue weighted by Gasteiger charge is 2.17. The van der Waals surface area contributed by atoms with Crippen molar-refractivity contribution in [2.45, 2.75) is 45.8 Å². The van der Waals surface area contributed by atoms with Crippen molar-refractivity contribution in [2.75, 3.05) is 39.8 Å². The molecular weight excluding hydrogens is 200 g/mol. The van der Waals surface area contributed by atoms with Crippen LogP contribution in [0.25, 0.3) is 0 Å². The number of likely N-dealkylation sites (N-methyl/N-ethyl adjacent to an activating group) is 1. The fourth-order valence-electron chi connectivity index (χ4n) is 2.31. The Bertz CT molecular complexity index is 179. The van der Waals surface area contributed by atoms with E-state index in [1.165, 1.54) is 39.0 Å². The van der Waals surface area contributed by atoms with Crippen molar-refractivity contribution >= 4 is 0 Å². The van der Waals surface area contributed by atoms with Gasteiger partial charge in [0.15, 0.2) is 0 Å². The molecule has 1 heterocycles. The van der Waals surface area contributed by atoms with Gasteiger partial charge in [0.25, 0.3) is 0 Å². The minimum atomic E-state index is 0.366. The maximum absolute atomic E-state index is 5.97. The second-order valence-electron chi connectivity index (χ2n) is 5.15. The Hall–Kier alpha value is -0.120. The van der Waals surface area contributed by atoms with Gasteiger partial charge in [0.1, 0.15) is 0 Å². The molecule has 0 N–H and O–H groups in total. The van der Waals surface area contributed by atoms with Crippen LogP contribution in [0.4, 0.5) is 0 Å². The van der Waals surface area contributed by atoms with E-state index >= 15 is 0 Å². The lowest BCUT2D eigenvalue weighted by atomic mass is 10.2. The number of nitrogens with zero attached hydrogens (tertiary/aromatic N) is 2. The Kier molecular flexibility index (Phi) is 6.32. The van der Waals surface area contributed by atoms with Crippen LogP contribution in [-0.2, 0) is 4.74 Å². The zero-order valence-corrected chi connectivity index (χ0v) is 11.4. The average molecular weight is 228 g/mol. The number of ether oxygens (including phenoxy) is 1. The Morgan fingerprint density at radius 3 is 2.25 bits per heavy atom. The summed E-state index contributed by atoms with van der Waals surface area (Å²) in [5.74, 6) is 0. The molecule has 0 amide bonds. The van der Waals surface area contributed by atoms with Gasteiger partial charge in [-0.25, -0.2) is 0 Å². The highest BCUT2D eigenvalue weighted by atomic mass is 16.5. The lowest BCUT2D eigenvalue weighted by molar-refractivity contribution is -0.0195. The topological polar surface area (TPSA) is 15.7 Å². The largest absolute Gasteiger partial charge is 0.374 e. The SMILES string of the molecule is CCCC(C)OC(C)CN1CCN(C)CC1. The molecule has 1 saturated heterocycles. The van der Waals surface area contributed by atoms with Crippen molar-refractivity contribution in [2.24, 2.45) is 0 Å². The van der Waals surface area contributed by atoms with E-state index in [9.17, 15) is 0 Å². The molecule has 3 heteroatoms. The van der Waals surface area contributed by atoms with Crippen molar-refractivity contribution in [3.8, 4) is 0 Å². The highest BCUT2D eigenvalue weighted by molar-refractivity contribution is 4.71. The van der Waals surface area contributed by atoms with Gasteiger partial charge in [0.05, 0.1) is 12.2 Å². The van der Waals surface area contributed by atoms with E-state index < -0.39 is 0 Å². The van der Waals surface area contributed by atoms with E-state index in [4.69, 9.17) is 4.74 Å². The number of hydrogen-bond donors (Lipinski definition) is 0. The van der Waals surface area contributed by atoms with Gasteiger partial charge >= 0.3 is 0 Å². The molecule has 2 unspecified atom stereocenters. The van der Waals surface area contributed by atoms with Crippen molar-refractivity contribution in [3.63, 3.8) is 0 Å². The third-order valence-corrected chi connectivity index (χ3v) is 3.27. The van der Waals surface area contributed by atoms with Gasteiger partial charge in [-0.3, -0.25) is 4.90 Å². The van der Waals surface area contributed by atoms with Gasteiger partial charge in [-0.05, 0) is 27.3 Å². The summed E-state index contributed by atoms with van der Waals surface area (Å²) in [4.78, 5) is 4.91. The molecule has 1 aliphatic rings. The third kappa shape index (κ3) is 5.28. The highest BCUT2D eigenvalue weighted by Crippen LogP contribution is 2.07. The van der Waals surface area contributed by atoms with E-state index in [2.05, 4.69) is 37.6 Å². The van der Waals surface area contributed by atoms with Crippen LogP contribution in [0, 0.1) is 0 Å². The first kappa shape index (κ1) is 13.9. The summed E-state index contributed by atoms with van der Waals surface area (Å²) < 4.78 is 5.97. The van der Waals surface area contributed by atoms with Crippen LogP contribution in [0.2, 0.25) is 0 Å². The van der Waals surface area contributed by atoms with Gasteiger partial charge in [0, 0.05) is 32.7 Å². The van der Waals surface area contributed by atoms with Crippen molar-refractivity contribution < 1.29 is 4.74 Å². The first-order valence-electron chi connectivity index (χ1n) is 6.68. The van der Waals surface area contributed by atoms with Crippen LogP contribution in [0.15, 0.2) is 0 Å². The predicted molar refractivity (Wildman–Crippen MR) is 68.9 cm³/mol. The molecule has 2 atom stereocenters. The van der Waals surface area contributed by atoms with Gasteiger partial charge in [-0.2, -0.15) is 0 Å². The summed E-state index contributed by atoms with van der Waals surface area (Å²) in [6.45, 7) is 12.4. The normalized spacial score (nSPS) is 23.2. The third-order valence-electron chi connectivity index (χ3n) is 3.27. The Labute approximate surface area is 101 Å². The van der Waals surface area contributed by atoms with E-state index in [1.807, 2.05) is 0 Å². The monoisotopic (exact) mass is 228 g/mol. The summed E-state index contributed by atoms with van der Waals surface area (Å²) in [6.07, 6.45) is 3.16. The molecule has 0 bridgehead atoms. The molecule has 0 spiro atoms. The predicted octanol–water partition coefficient (Wildman–Crippen LogP) is 1.83. The van der Waals surface area contributed by atoms with Gasteiger partial charge in [0.2, 0.25) is 0 Å². The molecular formula is C13H28N2O. The summed E-state index contributed by atoms with van der Waals surface area (Å²) in [7, 11) is 2.20. The van der Waals surface area contributed by atoms with Crippen molar-refractivity contribution in [1.82, 2.24) is 9.80 Å². The average Bonchev–Trinajstić information content (AvgIpc) is 2.21. The molecule has 1 rings (SSSR count). The fraction of sp³-hybridized carbons (Fsp3) is 1.00. The first-order chi connectivity index (χ1) is 7.61. The zero-order valence-electron chi connectivity index (χ0n) is 11.4. The maximum Gasteiger partial charge on any atom is 0.0677 e. The minimum absolute atomic E-state index is 0.366. The summed E-state index contributed by atoms with van der Waals surface area (Å²) in [5.41, 5.74) is 0. The molecule has 96 valence electrons. The minimum Gasteiger partial charge on any atom is -0.374 e. The standard InChI is InChI=1S/C13H28N2O/c1-5-6-12(2)16-13(3)11-15-9-7-14(4)8-10-15/h12-13H,5-11H2,1-4H3. The molecule has 3 nitrogen and oxygen atoms in total. The number of hydrogen-bond acceptors (Lipinski definition) is 3. The van der Waals surface area contributed by atoms with Crippen molar-refractivity contribution in [3.05, 3.63) is 0 Å². The Balaban J connectivity index is 2.15. The Morgan fingerprint density at radius 1 is 1.06 bits per heavy atom.